The highest BCUT2D eigenvalue weighted by molar-refractivity contribution is 6.31. The van der Waals surface area contributed by atoms with E-state index in [0.29, 0.717) is 31.1 Å². The Labute approximate surface area is 129 Å². The molecule has 21 heavy (non-hydrogen) atoms. The summed E-state index contributed by atoms with van der Waals surface area (Å²) in [4.78, 5) is 28.0. The first kappa shape index (κ1) is 15.8. The maximum atomic E-state index is 12.5. The molecule has 1 aromatic carbocycles. The largest absolute Gasteiger partial charge is 0.344 e. The fourth-order valence-electron chi connectivity index (χ4n) is 2.47. The van der Waals surface area contributed by atoms with E-state index in [1.807, 2.05) is 13.1 Å². The minimum Gasteiger partial charge on any atom is -0.344 e. The van der Waals surface area contributed by atoms with Crippen LogP contribution in [0.25, 0.3) is 0 Å². The van der Waals surface area contributed by atoms with Gasteiger partial charge in [0.1, 0.15) is 5.92 Å². The Hall–Kier alpha value is -1.59. The number of nitrogens with zero attached hydrogens (tertiary/aromatic N) is 2. The standard InChI is InChI=1S/C15H20ClN3O2/c1-17-7-9-18(2)14(20)13-6-8-19(15(13)21)12-5-3-4-11(16)10-12/h3-5,10,13,17H,6-9H2,1-2H3. The number of hydrogen-bond donors (Lipinski definition) is 1. The van der Waals surface area contributed by atoms with E-state index in [4.69, 9.17) is 11.6 Å². The van der Waals surface area contributed by atoms with E-state index in [-0.39, 0.29) is 11.8 Å². The number of anilines is 1. The highest BCUT2D eigenvalue weighted by Gasteiger charge is 2.38. The van der Waals surface area contributed by atoms with E-state index in [1.54, 1.807) is 35.0 Å². The Morgan fingerprint density at radius 1 is 1.52 bits per heavy atom. The molecule has 1 atom stereocenters. The predicted molar refractivity (Wildman–Crippen MR) is 83.5 cm³/mol. The lowest BCUT2D eigenvalue weighted by atomic mass is 10.1. The van der Waals surface area contributed by atoms with Gasteiger partial charge in [0.05, 0.1) is 0 Å². The quantitative estimate of drug-likeness (QED) is 0.836. The maximum Gasteiger partial charge on any atom is 0.239 e. The van der Waals surface area contributed by atoms with Crippen LogP contribution in [-0.4, -0.2) is 50.4 Å². The molecule has 1 saturated heterocycles. The molecule has 0 spiro atoms. The number of rotatable bonds is 5. The van der Waals surface area contributed by atoms with E-state index in [2.05, 4.69) is 5.32 Å². The molecule has 2 rings (SSSR count). The molecule has 2 amide bonds. The first-order chi connectivity index (χ1) is 10.0. The smallest absolute Gasteiger partial charge is 0.239 e. The molecule has 6 heteroatoms. The van der Waals surface area contributed by atoms with E-state index in [9.17, 15) is 9.59 Å². The molecular weight excluding hydrogens is 290 g/mol. The van der Waals surface area contributed by atoms with Crippen LogP contribution in [0.5, 0.6) is 0 Å². The van der Waals surface area contributed by atoms with Crippen molar-refractivity contribution in [3.05, 3.63) is 29.3 Å². The third-order valence-electron chi connectivity index (χ3n) is 3.70. The van der Waals surface area contributed by atoms with Crippen LogP contribution in [0.2, 0.25) is 5.02 Å². The summed E-state index contributed by atoms with van der Waals surface area (Å²) in [6.45, 7) is 1.85. The third kappa shape index (κ3) is 3.54. The number of halogens is 1. The Morgan fingerprint density at radius 2 is 2.29 bits per heavy atom. The number of carbonyl (C=O) groups is 2. The van der Waals surface area contributed by atoms with E-state index in [1.165, 1.54) is 0 Å². The van der Waals surface area contributed by atoms with Crippen molar-refractivity contribution in [2.24, 2.45) is 5.92 Å². The van der Waals surface area contributed by atoms with E-state index < -0.39 is 5.92 Å². The minimum atomic E-state index is -0.578. The Balaban J connectivity index is 2.06. The van der Waals surface area contributed by atoms with Crippen LogP contribution in [-0.2, 0) is 9.59 Å². The summed E-state index contributed by atoms with van der Waals surface area (Å²) >= 11 is 5.96. The second kappa shape index (κ2) is 6.91. The number of likely N-dealkylation sites (N-methyl/N-ethyl adjacent to an activating group) is 2. The summed E-state index contributed by atoms with van der Waals surface area (Å²) in [6.07, 6.45) is 0.550. The van der Waals surface area contributed by atoms with Crippen LogP contribution in [0.15, 0.2) is 24.3 Å². The Kier molecular flexibility index (Phi) is 5.20. The second-order valence-electron chi connectivity index (χ2n) is 5.17. The molecule has 0 saturated carbocycles. The third-order valence-corrected chi connectivity index (χ3v) is 3.93. The summed E-state index contributed by atoms with van der Waals surface area (Å²) in [5.41, 5.74) is 0.751. The average molecular weight is 310 g/mol. The average Bonchev–Trinajstić information content (AvgIpc) is 2.85. The van der Waals surface area contributed by atoms with Crippen molar-refractivity contribution >= 4 is 29.1 Å². The van der Waals surface area contributed by atoms with Crippen molar-refractivity contribution in [2.45, 2.75) is 6.42 Å². The zero-order valence-electron chi connectivity index (χ0n) is 12.3. The van der Waals surface area contributed by atoms with Crippen LogP contribution in [0.3, 0.4) is 0 Å². The molecular formula is C15H20ClN3O2. The van der Waals surface area contributed by atoms with Gasteiger partial charge in [-0.3, -0.25) is 9.59 Å². The van der Waals surface area contributed by atoms with E-state index in [0.717, 1.165) is 5.69 Å². The van der Waals surface area contributed by atoms with Crippen molar-refractivity contribution in [1.29, 1.82) is 0 Å². The highest BCUT2D eigenvalue weighted by Crippen LogP contribution is 2.28. The van der Waals surface area contributed by atoms with Crippen molar-refractivity contribution in [2.75, 3.05) is 38.6 Å². The topological polar surface area (TPSA) is 52.7 Å². The van der Waals surface area contributed by atoms with Gasteiger partial charge in [-0.2, -0.15) is 0 Å². The zero-order chi connectivity index (χ0) is 15.4. The van der Waals surface area contributed by atoms with Gasteiger partial charge < -0.3 is 15.1 Å². The van der Waals surface area contributed by atoms with Gasteiger partial charge in [-0.25, -0.2) is 0 Å². The van der Waals surface area contributed by atoms with Crippen LogP contribution >= 0.6 is 11.6 Å². The van der Waals surface area contributed by atoms with Gasteiger partial charge in [0.15, 0.2) is 0 Å². The first-order valence-corrected chi connectivity index (χ1v) is 7.39. The molecule has 1 aromatic rings. The van der Waals surface area contributed by atoms with Gasteiger partial charge in [-0.15, -0.1) is 0 Å². The zero-order valence-corrected chi connectivity index (χ0v) is 13.1. The number of benzene rings is 1. The van der Waals surface area contributed by atoms with Gasteiger partial charge in [-0.05, 0) is 31.7 Å². The molecule has 5 nitrogen and oxygen atoms in total. The molecule has 0 radical (unpaired) electrons. The lowest BCUT2D eigenvalue weighted by Crippen LogP contribution is -2.40. The predicted octanol–water partition coefficient (Wildman–Crippen LogP) is 1.37. The summed E-state index contributed by atoms with van der Waals surface area (Å²) < 4.78 is 0. The molecule has 1 aliphatic rings. The molecule has 0 aliphatic carbocycles. The number of hydrogen-bond acceptors (Lipinski definition) is 3. The summed E-state index contributed by atoms with van der Waals surface area (Å²) in [5, 5.41) is 3.58. The van der Waals surface area contributed by atoms with Crippen molar-refractivity contribution in [3.8, 4) is 0 Å². The van der Waals surface area contributed by atoms with Crippen LogP contribution < -0.4 is 10.2 Å². The Morgan fingerprint density at radius 3 is 2.95 bits per heavy atom. The monoisotopic (exact) mass is 309 g/mol. The fourth-order valence-corrected chi connectivity index (χ4v) is 2.65. The summed E-state index contributed by atoms with van der Waals surface area (Å²) in [5.74, 6) is -0.829. The van der Waals surface area contributed by atoms with Crippen LogP contribution in [0.4, 0.5) is 5.69 Å². The highest BCUT2D eigenvalue weighted by atomic mass is 35.5. The fraction of sp³-hybridized carbons (Fsp3) is 0.467. The molecule has 1 aliphatic heterocycles. The molecule has 0 aromatic heterocycles. The normalized spacial score (nSPS) is 18.1. The molecule has 1 fully saturated rings. The number of nitrogens with one attached hydrogen (secondary N) is 1. The van der Waals surface area contributed by atoms with Crippen molar-refractivity contribution < 1.29 is 9.59 Å². The summed E-state index contributed by atoms with van der Waals surface area (Å²) in [6, 6.07) is 7.15. The molecule has 1 heterocycles. The molecule has 114 valence electrons. The van der Waals surface area contributed by atoms with Crippen LogP contribution in [0.1, 0.15) is 6.42 Å². The van der Waals surface area contributed by atoms with Crippen molar-refractivity contribution in [3.63, 3.8) is 0 Å². The molecule has 1 N–H and O–H groups in total. The number of carbonyl (C=O) groups excluding carboxylic acids is 2. The lowest BCUT2D eigenvalue weighted by Gasteiger charge is -2.21. The van der Waals surface area contributed by atoms with Crippen molar-refractivity contribution in [1.82, 2.24) is 10.2 Å². The lowest BCUT2D eigenvalue weighted by molar-refractivity contribution is -0.138. The molecule has 1 unspecified atom stereocenters. The second-order valence-corrected chi connectivity index (χ2v) is 5.61. The Bertz CT molecular complexity index is 535. The van der Waals surface area contributed by atoms with Gasteiger partial charge in [0.25, 0.3) is 0 Å². The van der Waals surface area contributed by atoms with E-state index >= 15 is 0 Å². The van der Waals surface area contributed by atoms with Gasteiger partial charge in [0, 0.05) is 37.4 Å². The maximum absolute atomic E-state index is 12.5. The van der Waals surface area contributed by atoms with Crippen LogP contribution in [0, 0.1) is 5.92 Å². The van der Waals surface area contributed by atoms with Gasteiger partial charge >= 0.3 is 0 Å². The van der Waals surface area contributed by atoms with Gasteiger partial charge in [-0.1, -0.05) is 17.7 Å². The number of amides is 2. The minimum absolute atomic E-state index is 0.111. The summed E-state index contributed by atoms with van der Waals surface area (Å²) in [7, 11) is 3.56. The molecule has 0 bridgehead atoms. The van der Waals surface area contributed by atoms with Gasteiger partial charge in [0.2, 0.25) is 11.8 Å². The SMILES string of the molecule is CNCCN(C)C(=O)C1CCN(c2cccc(Cl)c2)C1=O. The first-order valence-electron chi connectivity index (χ1n) is 7.01.